The lowest BCUT2D eigenvalue weighted by molar-refractivity contribution is 0.898. The third-order valence-electron chi connectivity index (χ3n) is 2.61. The van der Waals surface area contributed by atoms with E-state index < -0.39 is 0 Å². The molecule has 0 bridgehead atoms. The lowest BCUT2D eigenvalue weighted by atomic mass is 10.2. The molecule has 0 atom stereocenters. The molecule has 4 nitrogen and oxygen atoms in total. The minimum atomic E-state index is 0.649. The summed E-state index contributed by atoms with van der Waals surface area (Å²) in [6, 6.07) is 13.5. The van der Waals surface area contributed by atoms with E-state index in [2.05, 4.69) is 10.4 Å². The van der Waals surface area contributed by atoms with Gasteiger partial charge in [0.25, 0.3) is 0 Å². The summed E-state index contributed by atoms with van der Waals surface area (Å²) in [5.41, 5.74) is 3.71. The Balaban J connectivity index is 2.11. The summed E-state index contributed by atoms with van der Waals surface area (Å²) in [6.07, 6.45) is 0. The normalized spacial score (nSPS) is 10.2. The predicted octanol–water partition coefficient (Wildman–Crippen LogP) is 2.66. The van der Waals surface area contributed by atoms with Crippen molar-refractivity contribution in [2.75, 3.05) is 17.4 Å². The van der Waals surface area contributed by atoms with Crippen molar-refractivity contribution in [3.05, 3.63) is 53.1 Å². The molecule has 18 heavy (non-hydrogen) atoms. The molecule has 2 rings (SSSR count). The van der Waals surface area contributed by atoms with Crippen LogP contribution in [0.25, 0.3) is 0 Å². The lowest BCUT2D eigenvalue weighted by Gasteiger charge is -2.18. The van der Waals surface area contributed by atoms with Crippen LogP contribution in [0.4, 0.5) is 11.6 Å². The zero-order valence-corrected chi connectivity index (χ0v) is 10.9. The first kappa shape index (κ1) is 12.7. The molecule has 3 N–H and O–H groups in total. The number of nitrogens with zero attached hydrogens (tertiary/aromatic N) is 2. The molecule has 0 fully saturated rings. The monoisotopic (exact) mass is 262 g/mol. The van der Waals surface area contributed by atoms with Gasteiger partial charge in [-0.25, -0.2) is 10.8 Å². The van der Waals surface area contributed by atoms with Gasteiger partial charge < -0.3 is 10.3 Å². The Morgan fingerprint density at radius 1 is 1.22 bits per heavy atom. The molecule has 5 heteroatoms. The molecular formula is C13H15ClN4. The second-order valence-electron chi connectivity index (χ2n) is 4.01. The van der Waals surface area contributed by atoms with Gasteiger partial charge in [-0.1, -0.05) is 29.8 Å². The minimum Gasteiger partial charge on any atom is -0.355 e. The van der Waals surface area contributed by atoms with Gasteiger partial charge in [-0.3, -0.25) is 0 Å². The van der Waals surface area contributed by atoms with Gasteiger partial charge in [0, 0.05) is 18.6 Å². The third kappa shape index (κ3) is 3.12. The van der Waals surface area contributed by atoms with Crippen molar-refractivity contribution < 1.29 is 0 Å². The van der Waals surface area contributed by atoms with Crippen LogP contribution in [0.1, 0.15) is 5.56 Å². The fourth-order valence-electron chi connectivity index (χ4n) is 1.66. The van der Waals surface area contributed by atoms with E-state index in [9.17, 15) is 0 Å². The van der Waals surface area contributed by atoms with Crippen LogP contribution in [0.3, 0.4) is 0 Å². The lowest BCUT2D eigenvalue weighted by Crippen LogP contribution is -2.18. The highest BCUT2D eigenvalue weighted by Gasteiger charge is 2.04. The number of benzene rings is 1. The second kappa shape index (κ2) is 5.71. The number of rotatable bonds is 4. The van der Waals surface area contributed by atoms with Gasteiger partial charge in [0.2, 0.25) is 0 Å². The Hall–Kier alpha value is -1.78. The average Bonchev–Trinajstić information content (AvgIpc) is 2.41. The number of hydrogen-bond acceptors (Lipinski definition) is 4. The second-order valence-corrected chi connectivity index (χ2v) is 4.44. The average molecular weight is 263 g/mol. The summed E-state index contributed by atoms with van der Waals surface area (Å²) in [4.78, 5) is 6.41. The first-order valence-corrected chi connectivity index (χ1v) is 5.96. The van der Waals surface area contributed by atoms with Gasteiger partial charge >= 0.3 is 0 Å². The molecule has 1 heterocycles. The molecule has 0 saturated heterocycles. The van der Waals surface area contributed by atoms with E-state index >= 15 is 0 Å². The van der Waals surface area contributed by atoms with Crippen molar-refractivity contribution in [1.29, 1.82) is 0 Å². The van der Waals surface area contributed by atoms with Crippen molar-refractivity contribution in [2.45, 2.75) is 6.54 Å². The van der Waals surface area contributed by atoms with E-state index in [1.165, 1.54) is 5.56 Å². The van der Waals surface area contributed by atoms with E-state index in [-0.39, 0.29) is 0 Å². The number of nitrogen functional groups attached to an aromatic ring is 1. The zero-order chi connectivity index (χ0) is 13.0. The molecule has 0 saturated carbocycles. The van der Waals surface area contributed by atoms with Gasteiger partial charge in [-0.2, -0.15) is 0 Å². The quantitative estimate of drug-likeness (QED) is 0.657. The SMILES string of the molecule is CN(Cc1ccc(Cl)cc1)c1cccc(NN)n1. The van der Waals surface area contributed by atoms with Crippen LogP contribution >= 0.6 is 11.6 Å². The maximum atomic E-state index is 5.86. The Bertz CT molecular complexity index is 513. The summed E-state index contributed by atoms with van der Waals surface area (Å²) in [6.45, 7) is 0.762. The molecule has 94 valence electrons. The highest BCUT2D eigenvalue weighted by molar-refractivity contribution is 6.30. The highest BCUT2D eigenvalue weighted by atomic mass is 35.5. The maximum Gasteiger partial charge on any atom is 0.142 e. The molecule has 1 aromatic heterocycles. The van der Waals surface area contributed by atoms with Gasteiger partial charge in [0.15, 0.2) is 0 Å². The zero-order valence-electron chi connectivity index (χ0n) is 10.1. The first-order valence-electron chi connectivity index (χ1n) is 5.58. The summed E-state index contributed by atoms with van der Waals surface area (Å²) >= 11 is 5.86. The summed E-state index contributed by atoms with van der Waals surface area (Å²) in [7, 11) is 1.98. The fourth-order valence-corrected chi connectivity index (χ4v) is 1.79. The number of nitrogens with one attached hydrogen (secondary N) is 1. The largest absolute Gasteiger partial charge is 0.355 e. The van der Waals surface area contributed by atoms with Gasteiger partial charge in [-0.15, -0.1) is 0 Å². The summed E-state index contributed by atoms with van der Waals surface area (Å²) in [5.74, 6) is 6.85. The van der Waals surface area contributed by atoms with Crippen LogP contribution in [-0.4, -0.2) is 12.0 Å². The van der Waals surface area contributed by atoms with Crippen LogP contribution in [0.5, 0.6) is 0 Å². The standard InChI is InChI=1S/C13H15ClN4/c1-18(9-10-5-7-11(14)8-6-10)13-4-2-3-12(16-13)17-15/h2-8H,9,15H2,1H3,(H,16,17). The van der Waals surface area contributed by atoms with Crippen LogP contribution < -0.4 is 16.2 Å². The van der Waals surface area contributed by atoms with Crippen molar-refractivity contribution in [3.63, 3.8) is 0 Å². The van der Waals surface area contributed by atoms with Crippen molar-refractivity contribution in [3.8, 4) is 0 Å². The number of aromatic nitrogens is 1. The van der Waals surface area contributed by atoms with Crippen LogP contribution in [0.15, 0.2) is 42.5 Å². The van der Waals surface area contributed by atoms with Crippen molar-refractivity contribution in [2.24, 2.45) is 5.84 Å². The van der Waals surface area contributed by atoms with Crippen LogP contribution in [-0.2, 0) is 6.54 Å². The van der Waals surface area contributed by atoms with Gasteiger partial charge in [0.05, 0.1) is 0 Å². The highest BCUT2D eigenvalue weighted by Crippen LogP contribution is 2.16. The molecule has 0 spiro atoms. The number of nitrogens with two attached hydrogens (primary N) is 1. The van der Waals surface area contributed by atoms with Gasteiger partial charge in [-0.05, 0) is 29.8 Å². The molecule has 0 aliphatic heterocycles. The molecule has 0 amide bonds. The Morgan fingerprint density at radius 2 is 1.94 bits per heavy atom. The molecule has 1 aromatic carbocycles. The van der Waals surface area contributed by atoms with E-state index in [0.717, 1.165) is 17.4 Å². The van der Waals surface area contributed by atoms with Crippen molar-refractivity contribution in [1.82, 2.24) is 4.98 Å². The molecule has 0 aliphatic rings. The maximum absolute atomic E-state index is 5.86. The molecule has 0 unspecified atom stereocenters. The number of pyridine rings is 1. The first-order chi connectivity index (χ1) is 8.69. The van der Waals surface area contributed by atoms with E-state index in [1.54, 1.807) is 0 Å². The van der Waals surface area contributed by atoms with E-state index in [4.69, 9.17) is 17.4 Å². The van der Waals surface area contributed by atoms with Crippen molar-refractivity contribution >= 4 is 23.2 Å². The summed E-state index contributed by atoms with van der Waals surface area (Å²) in [5, 5.41) is 0.744. The van der Waals surface area contributed by atoms with Crippen LogP contribution in [0, 0.1) is 0 Å². The number of hydrogen-bond donors (Lipinski definition) is 2. The molecule has 0 radical (unpaired) electrons. The van der Waals surface area contributed by atoms with E-state index in [1.807, 2.05) is 54.4 Å². The Morgan fingerprint density at radius 3 is 2.61 bits per heavy atom. The molecular weight excluding hydrogens is 248 g/mol. The van der Waals surface area contributed by atoms with E-state index in [0.29, 0.717) is 5.82 Å². The van der Waals surface area contributed by atoms with Crippen LogP contribution in [0.2, 0.25) is 5.02 Å². The fraction of sp³-hybridized carbons (Fsp3) is 0.154. The minimum absolute atomic E-state index is 0.649. The Labute approximate surface area is 111 Å². The topological polar surface area (TPSA) is 54.2 Å². The summed E-state index contributed by atoms with van der Waals surface area (Å²) < 4.78 is 0. The predicted molar refractivity (Wildman–Crippen MR) is 75.6 cm³/mol. The third-order valence-corrected chi connectivity index (χ3v) is 2.86. The van der Waals surface area contributed by atoms with Gasteiger partial charge in [0.1, 0.15) is 11.6 Å². The number of anilines is 2. The smallest absolute Gasteiger partial charge is 0.142 e. The number of hydrazine groups is 1. The molecule has 2 aromatic rings. The molecule has 0 aliphatic carbocycles. The number of halogens is 1. The Kier molecular flexibility index (Phi) is 4.02.